The summed E-state index contributed by atoms with van der Waals surface area (Å²) in [4.78, 5) is 9.22. The molecule has 0 saturated heterocycles. The van der Waals surface area contributed by atoms with Crippen LogP contribution in [0.5, 0.6) is 0 Å². The van der Waals surface area contributed by atoms with Crippen molar-refractivity contribution in [3.05, 3.63) is 135 Å². The number of para-hydroxylation sites is 1. The lowest BCUT2D eigenvalue weighted by molar-refractivity contribution is 0.309. The van der Waals surface area contributed by atoms with Crippen molar-refractivity contribution in [1.29, 1.82) is 0 Å². The zero-order valence-electron chi connectivity index (χ0n) is 26.6. The molecule has 45 heavy (non-hydrogen) atoms. The molecule has 0 atom stereocenters. The number of likely N-dealkylation sites (N-methyl/N-ethyl adjacent to an activating group) is 2. The molecule has 3 aromatic carbocycles. The highest BCUT2D eigenvalue weighted by atomic mass is 35.5. The molecule has 5 heterocycles. The van der Waals surface area contributed by atoms with Gasteiger partial charge in [0.1, 0.15) is 0 Å². The molecule has 6 heteroatoms. The molecule has 0 saturated carbocycles. The number of pyridine rings is 1. The molecular weight excluding hydrogens is 574 g/mol. The van der Waals surface area contributed by atoms with E-state index in [4.69, 9.17) is 11.6 Å². The first-order valence-corrected chi connectivity index (χ1v) is 16.5. The van der Waals surface area contributed by atoms with Crippen LogP contribution in [0, 0.1) is 6.92 Å². The molecule has 8 rings (SSSR count). The van der Waals surface area contributed by atoms with E-state index in [1.165, 1.54) is 55.4 Å². The van der Waals surface area contributed by atoms with E-state index in [0.29, 0.717) is 0 Å². The molecule has 3 aromatic heterocycles. The van der Waals surface area contributed by atoms with Crippen LogP contribution < -0.4 is 0 Å². The van der Waals surface area contributed by atoms with Crippen molar-refractivity contribution in [2.45, 2.75) is 52.4 Å². The Labute approximate surface area is 271 Å². The highest BCUT2D eigenvalue weighted by Crippen LogP contribution is 2.33. The van der Waals surface area contributed by atoms with Crippen molar-refractivity contribution in [1.82, 2.24) is 23.9 Å². The average molecular weight is 616 g/mol. The molecule has 0 fully saturated rings. The summed E-state index contributed by atoms with van der Waals surface area (Å²) >= 11 is 6.26. The van der Waals surface area contributed by atoms with Gasteiger partial charge < -0.3 is 18.9 Å². The van der Waals surface area contributed by atoms with Gasteiger partial charge in [-0.2, -0.15) is 0 Å². The number of aryl methyl sites for hydroxylation is 3. The molecule has 0 radical (unpaired) electrons. The van der Waals surface area contributed by atoms with E-state index in [1.807, 2.05) is 19.2 Å². The van der Waals surface area contributed by atoms with Gasteiger partial charge in [-0.1, -0.05) is 66.2 Å². The first kappa shape index (κ1) is 29.8. The maximum absolute atomic E-state index is 6.26. The van der Waals surface area contributed by atoms with E-state index in [2.05, 4.69) is 117 Å². The number of nitrogens with zero attached hydrogens (tertiary/aromatic N) is 5. The van der Waals surface area contributed by atoms with Gasteiger partial charge in [0.15, 0.2) is 0 Å². The zero-order valence-corrected chi connectivity index (χ0v) is 27.4. The summed E-state index contributed by atoms with van der Waals surface area (Å²) in [6.07, 6.45) is 5.25. The first-order chi connectivity index (χ1) is 21.9. The number of halogens is 1. The van der Waals surface area contributed by atoms with Crippen molar-refractivity contribution in [2.75, 3.05) is 27.2 Å². The Balaban J connectivity index is 0.000000146. The van der Waals surface area contributed by atoms with Crippen molar-refractivity contribution in [3.63, 3.8) is 0 Å². The van der Waals surface area contributed by atoms with Crippen molar-refractivity contribution in [3.8, 4) is 0 Å². The number of hydrogen-bond donors (Lipinski definition) is 0. The minimum atomic E-state index is 0.818. The molecule has 0 spiro atoms. The zero-order chi connectivity index (χ0) is 30.9. The van der Waals surface area contributed by atoms with Crippen molar-refractivity contribution in [2.24, 2.45) is 0 Å². The van der Waals surface area contributed by atoms with Gasteiger partial charge in [-0.25, -0.2) is 0 Å². The second kappa shape index (κ2) is 12.8. The monoisotopic (exact) mass is 615 g/mol. The van der Waals surface area contributed by atoms with Crippen LogP contribution in [0.25, 0.3) is 21.8 Å². The third kappa shape index (κ3) is 6.17. The van der Waals surface area contributed by atoms with Crippen LogP contribution >= 0.6 is 11.6 Å². The Bertz CT molecular complexity index is 1940. The van der Waals surface area contributed by atoms with Crippen LogP contribution in [0.15, 0.2) is 91.1 Å². The number of rotatable bonds is 5. The lowest BCUT2D eigenvalue weighted by atomic mass is 10.1. The van der Waals surface area contributed by atoms with Gasteiger partial charge in [0.2, 0.25) is 0 Å². The number of aromatic nitrogens is 3. The van der Waals surface area contributed by atoms with Crippen molar-refractivity contribution < 1.29 is 0 Å². The lowest BCUT2D eigenvalue weighted by Gasteiger charge is -2.24. The maximum Gasteiger partial charge on any atom is 0.0489 e. The Morgan fingerprint density at radius 3 is 2.09 bits per heavy atom. The van der Waals surface area contributed by atoms with Crippen molar-refractivity contribution >= 4 is 33.4 Å². The summed E-state index contributed by atoms with van der Waals surface area (Å²) in [5.74, 6) is 0. The van der Waals surface area contributed by atoms with Crippen LogP contribution in [-0.2, 0) is 45.4 Å². The molecule has 0 bridgehead atoms. The molecule has 5 nitrogen and oxygen atoms in total. The Morgan fingerprint density at radius 1 is 0.689 bits per heavy atom. The molecule has 6 aromatic rings. The third-order valence-corrected chi connectivity index (χ3v) is 9.77. The minimum absolute atomic E-state index is 0.818. The highest BCUT2D eigenvalue weighted by Gasteiger charge is 2.23. The number of fused-ring (bicyclic) bond motifs is 6. The van der Waals surface area contributed by atoms with Gasteiger partial charge in [0, 0.05) is 102 Å². The molecule has 2 aliphatic rings. The second-order valence-electron chi connectivity index (χ2n) is 12.8. The van der Waals surface area contributed by atoms with Crippen LogP contribution in [0.1, 0.15) is 39.3 Å². The molecule has 2 aliphatic heterocycles. The molecule has 0 amide bonds. The molecule has 0 aliphatic carbocycles. The first-order valence-electron chi connectivity index (χ1n) is 16.2. The highest BCUT2D eigenvalue weighted by molar-refractivity contribution is 6.31. The fourth-order valence-corrected chi connectivity index (χ4v) is 7.35. The predicted octanol–water partition coefficient (Wildman–Crippen LogP) is 7.91. The van der Waals surface area contributed by atoms with E-state index < -0.39 is 0 Å². The summed E-state index contributed by atoms with van der Waals surface area (Å²) in [6.45, 7) is 8.33. The van der Waals surface area contributed by atoms with E-state index >= 15 is 0 Å². The van der Waals surface area contributed by atoms with Crippen LogP contribution in [0.3, 0.4) is 0 Å². The fraction of sp³-hybridized carbons (Fsp3) is 0.308. The summed E-state index contributed by atoms with van der Waals surface area (Å²) in [5, 5.41) is 3.56. The Kier molecular flexibility index (Phi) is 8.50. The smallest absolute Gasteiger partial charge is 0.0489 e. The SMILES string of the molecule is CN1CCc2c(c3ccccc3n2Cc2ccccc2)C1.Cc1ccc(CCn2c3c(c4cc(Cl)ccc42)CN(C)CC3)cn1. The van der Waals surface area contributed by atoms with Crippen LogP contribution in [0.2, 0.25) is 5.02 Å². The molecule has 0 N–H and O–H groups in total. The number of benzene rings is 3. The van der Waals surface area contributed by atoms with E-state index in [0.717, 1.165) is 69.2 Å². The van der Waals surface area contributed by atoms with Gasteiger partial charge in [0.05, 0.1) is 0 Å². The molecule has 230 valence electrons. The van der Waals surface area contributed by atoms with Gasteiger partial charge in [-0.05, 0) is 80.0 Å². The molecular formula is C39H42ClN5. The standard InChI is InChI=1S/C20H22ClN3.C19H20N2/c1-14-3-4-15(12-22-14)7-10-24-19-6-5-16(21)11-17(19)18-13-23(2)9-8-20(18)24;1-20-12-11-19-17(14-20)16-9-5-6-10-18(16)21(19)13-15-7-3-2-4-8-15/h3-6,11-12H,7-10,13H2,1-2H3;2-10H,11-14H2,1H3. The van der Waals surface area contributed by atoms with E-state index in [-0.39, 0.29) is 0 Å². The summed E-state index contributed by atoms with van der Waals surface area (Å²) in [6, 6.07) is 30.2. The van der Waals surface area contributed by atoms with Crippen LogP contribution in [0.4, 0.5) is 0 Å². The van der Waals surface area contributed by atoms with Gasteiger partial charge in [-0.15, -0.1) is 0 Å². The fourth-order valence-electron chi connectivity index (χ4n) is 7.18. The second-order valence-corrected chi connectivity index (χ2v) is 13.2. The largest absolute Gasteiger partial charge is 0.344 e. The summed E-state index contributed by atoms with van der Waals surface area (Å²) < 4.78 is 5.01. The minimum Gasteiger partial charge on any atom is -0.344 e. The predicted molar refractivity (Wildman–Crippen MR) is 187 cm³/mol. The van der Waals surface area contributed by atoms with Crippen LogP contribution in [-0.4, -0.2) is 51.1 Å². The van der Waals surface area contributed by atoms with Gasteiger partial charge in [0.25, 0.3) is 0 Å². The summed E-state index contributed by atoms with van der Waals surface area (Å²) in [5.41, 5.74) is 12.4. The molecule has 0 unspecified atom stereocenters. The Morgan fingerprint density at radius 2 is 1.36 bits per heavy atom. The summed E-state index contributed by atoms with van der Waals surface area (Å²) in [7, 11) is 4.40. The number of hydrogen-bond acceptors (Lipinski definition) is 3. The normalized spacial score (nSPS) is 15.1. The van der Waals surface area contributed by atoms with E-state index in [1.54, 1.807) is 0 Å². The Hall–Kier alpha value is -3.90. The average Bonchev–Trinajstić information content (AvgIpc) is 3.52. The third-order valence-electron chi connectivity index (χ3n) is 9.54. The van der Waals surface area contributed by atoms with Gasteiger partial charge >= 0.3 is 0 Å². The maximum atomic E-state index is 6.26. The van der Waals surface area contributed by atoms with Gasteiger partial charge in [-0.3, -0.25) is 4.98 Å². The lowest BCUT2D eigenvalue weighted by Crippen LogP contribution is -2.27. The van der Waals surface area contributed by atoms with E-state index in [9.17, 15) is 0 Å². The quantitative estimate of drug-likeness (QED) is 0.197. The topological polar surface area (TPSA) is 29.2 Å².